The average molecular weight is 516 g/mol. The molecule has 10 nitrogen and oxygen atoms in total. The van der Waals surface area contributed by atoms with E-state index in [0.717, 1.165) is 0 Å². The van der Waals surface area contributed by atoms with Crippen LogP contribution in [0.25, 0.3) is 0 Å². The minimum Gasteiger partial charge on any atom is -0.480 e. The second-order valence-electron chi connectivity index (χ2n) is 8.45. The molecular weight excluding hydrogens is 482 g/mol. The maximum atomic E-state index is 12.2. The van der Waals surface area contributed by atoms with Crippen molar-refractivity contribution in [3.8, 4) is 17.2 Å². The lowest BCUT2D eigenvalue weighted by Gasteiger charge is -2.25. The predicted molar refractivity (Wildman–Crippen MR) is 134 cm³/mol. The Morgan fingerprint density at radius 3 is 2.03 bits per heavy atom. The van der Waals surface area contributed by atoms with Crippen LogP contribution in [0.5, 0.6) is 17.2 Å². The van der Waals surface area contributed by atoms with Crippen molar-refractivity contribution in [1.82, 2.24) is 0 Å². The van der Waals surface area contributed by atoms with Crippen LogP contribution in [0.3, 0.4) is 0 Å². The summed E-state index contributed by atoms with van der Waals surface area (Å²) in [7, 11) is 0. The molecule has 200 valence electrons. The van der Waals surface area contributed by atoms with Crippen LogP contribution in [0.1, 0.15) is 64.4 Å². The summed E-state index contributed by atoms with van der Waals surface area (Å²) in [6, 6.07) is 11.3. The highest BCUT2D eigenvalue weighted by Gasteiger charge is 2.30. The molecule has 3 atom stereocenters. The Kier molecular flexibility index (Phi) is 11.6. The van der Waals surface area contributed by atoms with Crippen LogP contribution < -0.4 is 19.9 Å². The van der Waals surface area contributed by atoms with Gasteiger partial charge in [0.2, 0.25) is 0 Å². The molecule has 0 radical (unpaired) electrons. The number of carbonyl (C=O) groups is 4. The Hall–Kier alpha value is -3.92. The molecule has 0 aliphatic heterocycles. The molecule has 0 saturated carbocycles. The number of nitrogens with two attached hydrogens (primary N) is 1. The monoisotopic (exact) mass is 515 g/mol. The zero-order valence-electron chi connectivity index (χ0n) is 21.2. The fourth-order valence-electron chi connectivity index (χ4n) is 3.52. The highest BCUT2D eigenvalue weighted by molar-refractivity contribution is 5.77. The van der Waals surface area contributed by atoms with Gasteiger partial charge >= 0.3 is 24.1 Å². The summed E-state index contributed by atoms with van der Waals surface area (Å²) in [5.74, 6) is -2.85. The van der Waals surface area contributed by atoms with E-state index in [1.54, 1.807) is 37.3 Å². The van der Waals surface area contributed by atoms with Gasteiger partial charge in [-0.3, -0.25) is 14.4 Å². The number of aliphatic carboxylic acids is 1. The van der Waals surface area contributed by atoms with Gasteiger partial charge in [0.1, 0.15) is 17.9 Å². The predicted octanol–water partition coefficient (Wildman–Crippen LogP) is 4.59. The molecule has 0 spiro atoms. The second-order valence-corrected chi connectivity index (χ2v) is 8.45. The number of carboxylic acid groups (broad SMARTS) is 1. The van der Waals surface area contributed by atoms with Crippen LogP contribution in [-0.4, -0.2) is 41.3 Å². The summed E-state index contributed by atoms with van der Waals surface area (Å²) in [5, 5.41) is 9.61. The maximum Gasteiger partial charge on any atom is 0.514 e. The van der Waals surface area contributed by atoms with Crippen LogP contribution in [0.2, 0.25) is 0 Å². The van der Waals surface area contributed by atoms with Gasteiger partial charge in [0.25, 0.3) is 0 Å². The smallest absolute Gasteiger partial charge is 0.480 e. The zero-order chi connectivity index (χ0) is 27.4. The minimum atomic E-state index is -1.37. The van der Waals surface area contributed by atoms with Crippen LogP contribution >= 0.6 is 0 Å². The summed E-state index contributed by atoms with van der Waals surface area (Å²) < 4.78 is 21.2. The van der Waals surface area contributed by atoms with Crippen molar-refractivity contribution in [3.63, 3.8) is 0 Å². The molecular formula is C27H33NO9. The molecule has 0 amide bonds. The first-order valence-corrected chi connectivity index (χ1v) is 12.1. The van der Waals surface area contributed by atoms with E-state index < -0.39 is 42.1 Å². The van der Waals surface area contributed by atoms with Crippen molar-refractivity contribution in [2.45, 2.75) is 70.9 Å². The third-order valence-corrected chi connectivity index (χ3v) is 5.30. The van der Waals surface area contributed by atoms with Gasteiger partial charge in [-0.25, -0.2) is 4.79 Å². The topological polar surface area (TPSA) is 151 Å². The molecule has 37 heavy (non-hydrogen) atoms. The lowest BCUT2D eigenvalue weighted by atomic mass is 9.87. The molecule has 2 unspecified atom stereocenters. The summed E-state index contributed by atoms with van der Waals surface area (Å²) >= 11 is 0. The molecule has 10 heteroatoms. The van der Waals surface area contributed by atoms with Gasteiger partial charge in [-0.2, -0.15) is 0 Å². The molecule has 0 aliphatic carbocycles. The second kappa shape index (κ2) is 14.6. The number of esters is 2. The van der Waals surface area contributed by atoms with Crippen LogP contribution in [0.15, 0.2) is 48.5 Å². The standard InChI is InChI=1S/C27H33NO9/c1-4-9-23(29)36-21-14-13-18(16-22(21)37-24(30)10-5-2)20(25(28)26(31)32)15-17(3)34-27(33)35-19-11-7-6-8-12-19/h6-8,11-14,16-17,20,25H,4-5,9-10,15,28H2,1-3H3,(H,31,32)/t17?,20?,25-/m0/s1. The molecule has 0 saturated heterocycles. The Labute approximate surface area is 215 Å². The molecule has 2 aromatic rings. The van der Waals surface area contributed by atoms with Crippen molar-refractivity contribution in [2.24, 2.45) is 5.73 Å². The molecule has 3 N–H and O–H groups in total. The van der Waals surface area contributed by atoms with E-state index in [-0.39, 0.29) is 30.8 Å². The lowest BCUT2D eigenvalue weighted by Crippen LogP contribution is -2.38. The maximum absolute atomic E-state index is 12.2. The quantitative estimate of drug-likeness (QED) is 0.220. The summed E-state index contributed by atoms with van der Waals surface area (Å²) in [6.45, 7) is 5.21. The molecule has 0 bridgehead atoms. The number of rotatable bonds is 13. The van der Waals surface area contributed by atoms with E-state index >= 15 is 0 Å². The normalized spacial score (nSPS) is 13.1. The minimum absolute atomic E-state index is 0.0225. The Morgan fingerprint density at radius 1 is 0.865 bits per heavy atom. The first-order valence-electron chi connectivity index (χ1n) is 12.1. The highest BCUT2D eigenvalue weighted by atomic mass is 16.7. The SMILES string of the molecule is CCCC(=O)Oc1ccc(C(CC(C)OC(=O)Oc2ccccc2)[C@H](N)C(=O)O)cc1OC(=O)CCC. The van der Waals surface area contributed by atoms with Gasteiger partial charge in [0.05, 0.1) is 0 Å². The molecule has 0 aromatic heterocycles. The first kappa shape index (κ1) is 29.3. The average Bonchev–Trinajstić information content (AvgIpc) is 2.84. The van der Waals surface area contributed by atoms with E-state index in [0.29, 0.717) is 24.2 Å². The lowest BCUT2D eigenvalue weighted by molar-refractivity contribution is -0.139. The number of carbonyl (C=O) groups excluding carboxylic acids is 3. The number of hydrogen-bond acceptors (Lipinski definition) is 9. The van der Waals surface area contributed by atoms with Crippen molar-refractivity contribution < 1.29 is 43.2 Å². The summed E-state index contributed by atoms with van der Waals surface area (Å²) in [4.78, 5) is 48.2. The van der Waals surface area contributed by atoms with Crippen molar-refractivity contribution >= 4 is 24.1 Å². The number of hydrogen-bond donors (Lipinski definition) is 2. The Morgan fingerprint density at radius 2 is 1.46 bits per heavy atom. The van der Waals surface area contributed by atoms with Crippen molar-refractivity contribution in [3.05, 3.63) is 54.1 Å². The Bertz CT molecular complexity index is 1070. The molecule has 0 aliphatic rings. The largest absolute Gasteiger partial charge is 0.514 e. The molecule has 2 rings (SSSR count). The van der Waals surface area contributed by atoms with E-state index in [9.17, 15) is 24.3 Å². The van der Waals surface area contributed by atoms with Crippen molar-refractivity contribution in [2.75, 3.05) is 0 Å². The van der Waals surface area contributed by atoms with Gasteiger partial charge < -0.3 is 29.8 Å². The number of benzene rings is 2. The van der Waals surface area contributed by atoms with Gasteiger partial charge in [-0.05, 0) is 56.0 Å². The Balaban J connectivity index is 2.28. The van der Waals surface area contributed by atoms with E-state index in [1.165, 1.54) is 18.2 Å². The number of carboxylic acids is 1. The summed E-state index contributed by atoms with van der Waals surface area (Å²) in [5.41, 5.74) is 6.39. The highest BCUT2D eigenvalue weighted by Crippen LogP contribution is 2.35. The third kappa shape index (κ3) is 9.57. The van der Waals surface area contributed by atoms with Crippen LogP contribution in [0.4, 0.5) is 4.79 Å². The third-order valence-electron chi connectivity index (χ3n) is 5.30. The van der Waals surface area contributed by atoms with E-state index in [4.69, 9.17) is 24.7 Å². The van der Waals surface area contributed by atoms with Gasteiger partial charge in [-0.1, -0.05) is 38.1 Å². The fraction of sp³-hybridized carbons (Fsp3) is 0.407. The van der Waals surface area contributed by atoms with Crippen LogP contribution in [-0.2, 0) is 19.1 Å². The zero-order valence-corrected chi connectivity index (χ0v) is 21.2. The van der Waals surface area contributed by atoms with Gasteiger partial charge in [0, 0.05) is 18.8 Å². The number of ether oxygens (including phenoxy) is 4. The first-order chi connectivity index (χ1) is 17.6. The van der Waals surface area contributed by atoms with Crippen molar-refractivity contribution in [1.29, 1.82) is 0 Å². The molecule has 0 heterocycles. The van der Waals surface area contributed by atoms with E-state index in [1.807, 2.05) is 13.8 Å². The van der Waals surface area contributed by atoms with Crippen LogP contribution in [0, 0.1) is 0 Å². The fourth-order valence-corrected chi connectivity index (χ4v) is 3.52. The van der Waals surface area contributed by atoms with Gasteiger partial charge in [0.15, 0.2) is 11.5 Å². The summed E-state index contributed by atoms with van der Waals surface area (Å²) in [6.07, 6.45) is -0.280. The number of para-hydroxylation sites is 1. The molecule has 0 fully saturated rings. The van der Waals surface area contributed by atoms with E-state index in [2.05, 4.69) is 0 Å². The van der Waals surface area contributed by atoms with Gasteiger partial charge in [-0.15, -0.1) is 0 Å². The molecule has 2 aromatic carbocycles.